The Kier molecular flexibility index (Phi) is 4.40. The van der Waals surface area contributed by atoms with Gasteiger partial charge in [-0.3, -0.25) is 4.79 Å². The maximum atomic E-state index is 12.7. The second-order valence-electron chi connectivity index (χ2n) is 5.63. The van der Waals surface area contributed by atoms with E-state index in [-0.39, 0.29) is 17.5 Å². The first kappa shape index (κ1) is 16.3. The lowest BCUT2D eigenvalue weighted by molar-refractivity contribution is 0.0738. The number of carbonyl (C=O) groups excluding carboxylic acids is 1. The Morgan fingerprint density at radius 1 is 1.12 bits per heavy atom. The molecule has 0 saturated heterocycles. The van der Waals surface area contributed by atoms with Crippen LogP contribution in [0.15, 0.2) is 63.8 Å². The van der Waals surface area contributed by atoms with Crippen LogP contribution in [-0.2, 0) is 0 Å². The molecule has 0 fully saturated rings. The summed E-state index contributed by atoms with van der Waals surface area (Å²) < 4.78 is 5.24. The second-order valence-corrected chi connectivity index (χ2v) is 6.07. The molecule has 0 radical (unpaired) electrons. The van der Waals surface area contributed by atoms with E-state index in [0.29, 0.717) is 16.0 Å². The lowest BCUT2D eigenvalue weighted by Gasteiger charge is -2.25. The van der Waals surface area contributed by atoms with Crippen molar-refractivity contribution < 1.29 is 9.21 Å². The van der Waals surface area contributed by atoms with Crippen molar-refractivity contribution in [2.75, 3.05) is 7.05 Å². The van der Waals surface area contributed by atoms with Crippen molar-refractivity contribution in [3.63, 3.8) is 0 Å². The minimum atomic E-state index is -0.631. The van der Waals surface area contributed by atoms with Crippen LogP contribution in [0.4, 0.5) is 0 Å². The Morgan fingerprint density at radius 3 is 2.50 bits per heavy atom. The van der Waals surface area contributed by atoms with Gasteiger partial charge in [-0.05, 0) is 36.8 Å². The highest BCUT2D eigenvalue weighted by atomic mass is 35.5. The maximum absolute atomic E-state index is 12.7. The van der Waals surface area contributed by atoms with E-state index in [4.69, 9.17) is 16.0 Å². The summed E-state index contributed by atoms with van der Waals surface area (Å²) in [4.78, 5) is 26.4. The lowest BCUT2D eigenvalue weighted by Crippen LogP contribution is -2.32. The summed E-state index contributed by atoms with van der Waals surface area (Å²) in [6, 6.07) is 15.8. The first-order valence-corrected chi connectivity index (χ1v) is 7.90. The van der Waals surface area contributed by atoms with Gasteiger partial charge in [-0.25, -0.2) is 4.79 Å². The minimum Gasteiger partial charge on any atom is -0.422 e. The molecule has 122 valence electrons. The van der Waals surface area contributed by atoms with Crippen molar-refractivity contribution in [3.8, 4) is 0 Å². The van der Waals surface area contributed by atoms with E-state index >= 15 is 0 Å². The summed E-state index contributed by atoms with van der Waals surface area (Å²) in [6.45, 7) is 1.89. The van der Waals surface area contributed by atoms with E-state index in [9.17, 15) is 9.59 Å². The van der Waals surface area contributed by atoms with Gasteiger partial charge in [-0.15, -0.1) is 0 Å². The Morgan fingerprint density at radius 2 is 1.79 bits per heavy atom. The maximum Gasteiger partial charge on any atom is 0.349 e. The molecule has 1 aromatic heterocycles. The van der Waals surface area contributed by atoms with E-state index in [2.05, 4.69) is 0 Å². The summed E-state index contributed by atoms with van der Waals surface area (Å²) in [5.74, 6) is -0.378. The van der Waals surface area contributed by atoms with Crippen LogP contribution in [0.25, 0.3) is 11.0 Å². The average molecular weight is 342 g/mol. The SMILES string of the molecule is CC(c1ccc(Cl)cc1)N(C)C(=O)c1cc2ccccc2oc1=O. The van der Waals surface area contributed by atoms with Gasteiger partial charge in [0.2, 0.25) is 0 Å². The smallest absolute Gasteiger partial charge is 0.349 e. The van der Waals surface area contributed by atoms with E-state index in [1.54, 1.807) is 43.4 Å². The molecular formula is C19H16ClNO3. The molecule has 0 aliphatic carbocycles. The molecule has 1 amide bonds. The van der Waals surface area contributed by atoms with Gasteiger partial charge < -0.3 is 9.32 Å². The van der Waals surface area contributed by atoms with Gasteiger partial charge in [-0.1, -0.05) is 41.9 Å². The number of fused-ring (bicyclic) bond motifs is 1. The third-order valence-corrected chi connectivity index (χ3v) is 4.38. The van der Waals surface area contributed by atoms with Gasteiger partial charge in [0.15, 0.2) is 0 Å². The number of para-hydroxylation sites is 1. The van der Waals surface area contributed by atoms with Gasteiger partial charge >= 0.3 is 5.63 Å². The number of carbonyl (C=O) groups is 1. The number of hydrogen-bond acceptors (Lipinski definition) is 3. The van der Waals surface area contributed by atoms with Gasteiger partial charge in [0.05, 0.1) is 6.04 Å². The Bertz CT molecular complexity index is 947. The van der Waals surface area contributed by atoms with Crippen molar-refractivity contribution in [2.45, 2.75) is 13.0 Å². The molecule has 5 heteroatoms. The van der Waals surface area contributed by atoms with Crippen LogP contribution in [0.2, 0.25) is 5.02 Å². The summed E-state index contributed by atoms with van der Waals surface area (Å²) in [6.07, 6.45) is 0. The fourth-order valence-corrected chi connectivity index (χ4v) is 2.67. The molecule has 0 spiro atoms. The molecular weight excluding hydrogens is 326 g/mol. The molecule has 0 saturated carbocycles. The lowest BCUT2D eigenvalue weighted by atomic mass is 10.1. The van der Waals surface area contributed by atoms with Crippen LogP contribution in [0.5, 0.6) is 0 Å². The molecule has 0 aliphatic rings. The monoisotopic (exact) mass is 341 g/mol. The number of amides is 1. The van der Waals surface area contributed by atoms with E-state index < -0.39 is 5.63 Å². The molecule has 24 heavy (non-hydrogen) atoms. The van der Waals surface area contributed by atoms with Crippen molar-refractivity contribution in [1.29, 1.82) is 0 Å². The zero-order valence-electron chi connectivity index (χ0n) is 13.3. The molecule has 0 aliphatic heterocycles. The van der Waals surface area contributed by atoms with Gasteiger partial charge in [0.25, 0.3) is 5.91 Å². The quantitative estimate of drug-likeness (QED) is 0.668. The zero-order valence-corrected chi connectivity index (χ0v) is 14.1. The molecule has 3 rings (SSSR count). The first-order valence-electron chi connectivity index (χ1n) is 7.53. The summed E-state index contributed by atoms with van der Waals surface area (Å²) in [7, 11) is 1.66. The number of hydrogen-bond donors (Lipinski definition) is 0. The van der Waals surface area contributed by atoms with Gasteiger partial charge in [0.1, 0.15) is 11.1 Å². The highest BCUT2D eigenvalue weighted by molar-refractivity contribution is 6.30. The third kappa shape index (κ3) is 3.05. The van der Waals surface area contributed by atoms with Gasteiger partial charge in [-0.2, -0.15) is 0 Å². The number of benzene rings is 2. The van der Waals surface area contributed by atoms with Crippen LogP contribution in [0.3, 0.4) is 0 Å². The molecule has 1 heterocycles. The Balaban J connectivity index is 1.94. The van der Waals surface area contributed by atoms with Crippen LogP contribution in [0, 0.1) is 0 Å². The second kappa shape index (κ2) is 6.49. The minimum absolute atomic E-state index is 0.0250. The zero-order chi connectivity index (χ0) is 17.3. The summed E-state index contributed by atoms with van der Waals surface area (Å²) in [5, 5.41) is 1.35. The highest BCUT2D eigenvalue weighted by Gasteiger charge is 2.22. The standard InChI is InChI=1S/C19H16ClNO3/c1-12(13-7-9-15(20)10-8-13)21(2)18(22)16-11-14-5-3-4-6-17(14)24-19(16)23/h3-12H,1-2H3. The fourth-order valence-electron chi connectivity index (χ4n) is 2.54. The largest absolute Gasteiger partial charge is 0.422 e. The van der Waals surface area contributed by atoms with E-state index in [0.717, 1.165) is 5.56 Å². The molecule has 4 nitrogen and oxygen atoms in total. The normalized spacial score (nSPS) is 12.1. The molecule has 0 bridgehead atoms. The topological polar surface area (TPSA) is 50.5 Å². The molecule has 3 aromatic rings. The van der Waals surface area contributed by atoms with Crippen molar-refractivity contribution in [3.05, 3.63) is 81.2 Å². The third-order valence-electron chi connectivity index (χ3n) is 4.13. The van der Waals surface area contributed by atoms with Crippen LogP contribution in [-0.4, -0.2) is 17.9 Å². The fraction of sp³-hybridized carbons (Fsp3) is 0.158. The predicted molar refractivity (Wildman–Crippen MR) is 94.4 cm³/mol. The number of nitrogens with zero attached hydrogens (tertiary/aromatic N) is 1. The van der Waals surface area contributed by atoms with Crippen LogP contribution >= 0.6 is 11.6 Å². The number of rotatable bonds is 3. The molecule has 0 N–H and O–H groups in total. The van der Waals surface area contributed by atoms with E-state index in [1.807, 2.05) is 25.1 Å². The average Bonchev–Trinajstić information content (AvgIpc) is 2.60. The Hall–Kier alpha value is -2.59. The highest BCUT2D eigenvalue weighted by Crippen LogP contribution is 2.22. The van der Waals surface area contributed by atoms with Crippen molar-refractivity contribution in [2.24, 2.45) is 0 Å². The van der Waals surface area contributed by atoms with Crippen LogP contribution in [0.1, 0.15) is 28.9 Å². The summed E-state index contributed by atoms with van der Waals surface area (Å²) in [5.41, 5.74) is 0.791. The number of halogens is 1. The van der Waals surface area contributed by atoms with Crippen LogP contribution < -0.4 is 5.63 Å². The van der Waals surface area contributed by atoms with Crippen molar-refractivity contribution >= 4 is 28.5 Å². The molecule has 2 aromatic carbocycles. The van der Waals surface area contributed by atoms with Crippen molar-refractivity contribution in [1.82, 2.24) is 4.90 Å². The first-order chi connectivity index (χ1) is 11.5. The van der Waals surface area contributed by atoms with Gasteiger partial charge in [0, 0.05) is 17.5 Å². The van der Waals surface area contributed by atoms with E-state index in [1.165, 1.54) is 4.90 Å². The predicted octanol–water partition coefficient (Wildman–Crippen LogP) is 4.28. The molecule has 1 unspecified atom stereocenters. The Labute approximate surface area is 144 Å². The summed E-state index contributed by atoms with van der Waals surface area (Å²) >= 11 is 5.90. The molecule has 1 atom stereocenters.